The van der Waals surface area contributed by atoms with E-state index in [1.54, 1.807) is 18.7 Å². The van der Waals surface area contributed by atoms with Gasteiger partial charge in [0.05, 0.1) is 4.90 Å². The average Bonchev–Trinajstić information content (AvgIpc) is 2.78. The van der Waals surface area contributed by atoms with E-state index in [1.165, 1.54) is 0 Å². The Morgan fingerprint density at radius 2 is 2.00 bits per heavy atom. The number of nitrogens with two attached hydrogens (primary N) is 1. The summed E-state index contributed by atoms with van der Waals surface area (Å²) < 4.78 is 27.9. The Bertz CT molecular complexity index is 565. The molecule has 1 aliphatic rings. The molecule has 1 aromatic rings. The van der Waals surface area contributed by atoms with Crippen LogP contribution in [-0.2, 0) is 10.0 Å². The predicted octanol–water partition coefficient (Wildman–Crippen LogP) is 1.98. The highest BCUT2D eigenvalue weighted by Crippen LogP contribution is 2.29. The summed E-state index contributed by atoms with van der Waals surface area (Å²) in [6.07, 6.45) is 0.892. The zero-order valence-electron chi connectivity index (χ0n) is 11.5. The van der Waals surface area contributed by atoms with Crippen LogP contribution in [0.2, 0.25) is 0 Å². The summed E-state index contributed by atoms with van der Waals surface area (Å²) in [6, 6.07) is 1.87. The van der Waals surface area contributed by atoms with Gasteiger partial charge in [-0.2, -0.15) is 11.8 Å². The van der Waals surface area contributed by atoms with Crippen LogP contribution in [0, 0.1) is 20.8 Å². The monoisotopic (exact) mass is 300 g/mol. The maximum atomic E-state index is 12.6. The maximum Gasteiger partial charge on any atom is 0.241 e. The van der Waals surface area contributed by atoms with Gasteiger partial charge < -0.3 is 5.73 Å². The third-order valence-corrected chi connectivity index (χ3v) is 6.55. The Morgan fingerprint density at radius 1 is 1.32 bits per heavy atom. The fourth-order valence-corrected chi connectivity index (χ4v) is 5.45. The highest BCUT2D eigenvalue weighted by molar-refractivity contribution is 7.99. The Morgan fingerprint density at radius 3 is 2.58 bits per heavy atom. The van der Waals surface area contributed by atoms with Crippen LogP contribution < -0.4 is 10.5 Å². The summed E-state index contributed by atoms with van der Waals surface area (Å²) in [7, 11) is -3.49. The normalized spacial score (nSPS) is 19.8. The van der Waals surface area contributed by atoms with Crippen molar-refractivity contribution in [3.8, 4) is 0 Å². The summed E-state index contributed by atoms with van der Waals surface area (Å²) in [4.78, 5) is 0.349. The van der Waals surface area contributed by atoms with E-state index in [-0.39, 0.29) is 6.04 Å². The minimum atomic E-state index is -3.49. The highest BCUT2D eigenvalue weighted by atomic mass is 32.2. The van der Waals surface area contributed by atoms with Gasteiger partial charge in [-0.3, -0.25) is 0 Å². The summed E-state index contributed by atoms with van der Waals surface area (Å²) in [5, 5.41) is 0. The van der Waals surface area contributed by atoms with Gasteiger partial charge >= 0.3 is 0 Å². The highest BCUT2D eigenvalue weighted by Gasteiger charge is 2.27. The van der Waals surface area contributed by atoms with Gasteiger partial charge in [0, 0.05) is 17.5 Å². The van der Waals surface area contributed by atoms with E-state index in [1.807, 2.05) is 19.9 Å². The molecule has 6 heteroatoms. The van der Waals surface area contributed by atoms with Crippen LogP contribution in [0.25, 0.3) is 0 Å². The van der Waals surface area contributed by atoms with Gasteiger partial charge in [-0.25, -0.2) is 13.1 Å². The van der Waals surface area contributed by atoms with Crippen LogP contribution in [0.1, 0.15) is 23.1 Å². The lowest BCUT2D eigenvalue weighted by Gasteiger charge is -2.18. The number of nitrogen functional groups attached to an aromatic ring is 1. The SMILES string of the molecule is Cc1cc(N)c(C)c(S(=O)(=O)NC2CCSC2)c1C. The molecular formula is C13H20N2O2S2. The molecule has 0 radical (unpaired) electrons. The number of rotatable bonds is 3. The number of benzene rings is 1. The molecule has 1 aliphatic heterocycles. The first-order valence-corrected chi connectivity index (χ1v) is 8.93. The Hall–Kier alpha value is -0.720. The van der Waals surface area contributed by atoms with Crippen LogP contribution in [0.5, 0.6) is 0 Å². The largest absolute Gasteiger partial charge is 0.398 e. The van der Waals surface area contributed by atoms with Gasteiger partial charge in [-0.1, -0.05) is 0 Å². The molecule has 1 heterocycles. The van der Waals surface area contributed by atoms with Gasteiger partial charge in [0.25, 0.3) is 0 Å². The van der Waals surface area contributed by atoms with E-state index in [0.717, 1.165) is 29.1 Å². The molecule has 0 spiro atoms. The molecule has 2 rings (SSSR count). The first kappa shape index (κ1) is 14.7. The first-order valence-electron chi connectivity index (χ1n) is 6.29. The number of hydrogen-bond donors (Lipinski definition) is 2. The van der Waals surface area contributed by atoms with E-state index >= 15 is 0 Å². The van der Waals surface area contributed by atoms with E-state index in [4.69, 9.17) is 5.73 Å². The fraction of sp³-hybridized carbons (Fsp3) is 0.538. The molecule has 1 unspecified atom stereocenters. The molecule has 0 aromatic heterocycles. The second kappa shape index (κ2) is 5.34. The molecular weight excluding hydrogens is 280 g/mol. The second-order valence-corrected chi connectivity index (χ2v) is 7.84. The van der Waals surface area contributed by atoms with Crippen molar-refractivity contribution in [2.24, 2.45) is 0 Å². The van der Waals surface area contributed by atoms with E-state index in [0.29, 0.717) is 16.1 Å². The van der Waals surface area contributed by atoms with Gasteiger partial charge in [-0.05, 0) is 55.7 Å². The molecule has 1 fully saturated rings. The van der Waals surface area contributed by atoms with Gasteiger partial charge in [-0.15, -0.1) is 0 Å². The molecule has 106 valence electrons. The zero-order valence-corrected chi connectivity index (χ0v) is 13.1. The molecule has 0 aliphatic carbocycles. The standard InChI is InChI=1S/C13H20N2O2S2/c1-8-6-12(14)10(3)13(9(8)2)19(16,17)15-11-4-5-18-7-11/h6,11,15H,4-5,7,14H2,1-3H3. The van der Waals surface area contributed by atoms with E-state index < -0.39 is 10.0 Å². The Labute approximate surface area is 119 Å². The molecule has 0 amide bonds. The van der Waals surface area contributed by atoms with Crippen LogP contribution >= 0.6 is 11.8 Å². The number of aryl methyl sites for hydroxylation is 1. The van der Waals surface area contributed by atoms with Crippen molar-refractivity contribution < 1.29 is 8.42 Å². The quantitative estimate of drug-likeness (QED) is 0.837. The summed E-state index contributed by atoms with van der Waals surface area (Å²) in [5.41, 5.74) is 8.76. The van der Waals surface area contributed by atoms with Crippen molar-refractivity contribution in [3.63, 3.8) is 0 Å². The number of hydrogen-bond acceptors (Lipinski definition) is 4. The molecule has 19 heavy (non-hydrogen) atoms. The van der Waals surface area contributed by atoms with Crippen molar-refractivity contribution in [1.82, 2.24) is 4.72 Å². The maximum absolute atomic E-state index is 12.6. The van der Waals surface area contributed by atoms with E-state index in [2.05, 4.69) is 4.72 Å². The molecule has 1 atom stereocenters. The minimum absolute atomic E-state index is 0.0375. The average molecular weight is 300 g/mol. The summed E-state index contributed by atoms with van der Waals surface area (Å²) >= 11 is 1.78. The third-order valence-electron chi connectivity index (χ3n) is 3.60. The summed E-state index contributed by atoms with van der Waals surface area (Å²) in [6.45, 7) is 5.48. The topological polar surface area (TPSA) is 72.2 Å². The third kappa shape index (κ3) is 2.90. The van der Waals surface area contributed by atoms with Crippen LogP contribution in [0.3, 0.4) is 0 Å². The lowest BCUT2D eigenvalue weighted by molar-refractivity contribution is 0.562. The second-order valence-electron chi connectivity index (χ2n) is 5.04. The number of anilines is 1. The molecule has 1 aromatic carbocycles. The number of sulfonamides is 1. The molecule has 4 nitrogen and oxygen atoms in total. The molecule has 0 bridgehead atoms. The lowest BCUT2D eigenvalue weighted by Crippen LogP contribution is -2.35. The van der Waals surface area contributed by atoms with Gasteiger partial charge in [0.15, 0.2) is 0 Å². The minimum Gasteiger partial charge on any atom is -0.398 e. The molecule has 0 saturated carbocycles. The van der Waals surface area contributed by atoms with Crippen LogP contribution in [0.15, 0.2) is 11.0 Å². The van der Waals surface area contributed by atoms with Crippen molar-refractivity contribution in [1.29, 1.82) is 0 Å². The Balaban J connectivity index is 2.45. The molecule has 3 N–H and O–H groups in total. The summed E-state index contributed by atoms with van der Waals surface area (Å²) in [5.74, 6) is 1.86. The number of thioether (sulfide) groups is 1. The van der Waals surface area contributed by atoms with Crippen molar-refractivity contribution in [3.05, 3.63) is 22.8 Å². The lowest BCUT2D eigenvalue weighted by atomic mass is 10.1. The zero-order chi connectivity index (χ0) is 14.2. The van der Waals surface area contributed by atoms with Crippen molar-refractivity contribution in [2.45, 2.75) is 38.1 Å². The first-order chi connectivity index (χ1) is 8.83. The van der Waals surface area contributed by atoms with Gasteiger partial charge in [0.2, 0.25) is 10.0 Å². The van der Waals surface area contributed by atoms with Crippen LogP contribution in [-0.4, -0.2) is 26.0 Å². The van der Waals surface area contributed by atoms with Gasteiger partial charge in [0.1, 0.15) is 0 Å². The van der Waals surface area contributed by atoms with Crippen LogP contribution in [0.4, 0.5) is 5.69 Å². The van der Waals surface area contributed by atoms with Crippen molar-refractivity contribution >= 4 is 27.5 Å². The number of nitrogens with one attached hydrogen (secondary N) is 1. The smallest absolute Gasteiger partial charge is 0.241 e. The molecule has 1 saturated heterocycles. The van der Waals surface area contributed by atoms with Crippen molar-refractivity contribution in [2.75, 3.05) is 17.2 Å². The Kier molecular flexibility index (Phi) is 4.13. The van der Waals surface area contributed by atoms with E-state index in [9.17, 15) is 8.42 Å². The fourth-order valence-electron chi connectivity index (χ4n) is 2.35. The predicted molar refractivity (Wildman–Crippen MR) is 81.1 cm³/mol.